The van der Waals surface area contributed by atoms with Gasteiger partial charge in [-0.1, -0.05) is 18.2 Å². The highest BCUT2D eigenvalue weighted by Gasteiger charge is 2.12. The number of nitrogens with zero attached hydrogens (tertiary/aromatic N) is 2. The average molecular weight is 339 g/mol. The molecule has 1 amide bonds. The standard InChI is InChI=1S/C19H18FN3O2/c1-13-4-3-5-14(2)18(13)21-19(24)17-10-11-23(22-17)12-25-16-8-6-15(20)7-9-16/h3-11H,12H2,1-2H3,(H,21,24). The van der Waals surface area contributed by atoms with Gasteiger partial charge in [0.2, 0.25) is 0 Å². The fourth-order valence-electron chi connectivity index (χ4n) is 2.42. The molecule has 0 radical (unpaired) electrons. The minimum atomic E-state index is -0.322. The van der Waals surface area contributed by atoms with Gasteiger partial charge >= 0.3 is 0 Å². The molecular formula is C19H18FN3O2. The highest BCUT2D eigenvalue weighted by molar-refractivity contribution is 6.03. The van der Waals surface area contributed by atoms with Crippen LogP contribution in [0.5, 0.6) is 5.75 Å². The fraction of sp³-hybridized carbons (Fsp3) is 0.158. The lowest BCUT2D eigenvalue weighted by molar-refractivity contribution is 0.102. The van der Waals surface area contributed by atoms with E-state index < -0.39 is 0 Å². The lowest BCUT2D eigenvalue weighted by Gasteiger charge is -2.10. The highest BCUT2D eigenvalue weighted by Crippen LogP contribution is 2.20. The molecule has 3 rings (SSSR count). The molecule has 0 atom stereocenters. The third kappa shape index (κ3) is 4.03. The van der Waals surface area contributed by atoms with E-state index in [4.69, 9.17) is 4.74 Å². The average Bonchev–Trinajstić information content (AvgIpc) is 3.07. The van der Waals surface area contributed by atoms with Crippen molar-refractivity contribution < 1.29 is 13.9 Å². The second-order valence-electron chi connectivity index (χ2n) is 5.69. The van der Waals surface area contributed by atoms with Gasteiger partial charge in [-0.3, -0.25) is 4.79 Å². The number of amides is 1. The quantitative estimate of drug-likeness (QED) is 0.766. The van der Waals surface area contributed by atoms with Crippen molar-refractivity contribution in [3.05, 3.63) is 77.4 Å². The topological polar surface area (TPSA) is 56.2 Å². The Morgan fingerprint density at radius 3 is 2.48 bits per heavy atom. The molecule has 128 valence electrons. The number of ether oxygens (including phenoxy) is 1. The van der Waals surface area contributed by atoms with Gasteiger partial charge in [0.05, 0.1) is 0 Å². The smallest absolute Gasteiger partial charge is 0.276 e. The SMILES string of the molecule is Cc1cccc(C)c1NC(=O)c1ccn(COc2ccc(F)cc2)n1. The van der Waals surface area contributed by atoms with Crippen molar-refractivity contribution in [3.8, 4) is 5.75 Å². The summed E-state index contributed by atoms with van der Waals surface area (Å²) in [5, 5.41) is 7.09. The number of halogens is 1. The van der Waals surface area contributed by atoms with Gasteiger partial charge in [0.1, 0.15) is 11.6 Å². The lowest BCUT2D eigenvalue weighted by atomic mass is 10.1. The van der Waals surface area contributed by atoms with Gasteiger partial charge < -0.3 is 10.1 Å². The second-order valence-corrected chi connectivity index (χ2v) is 5.69. The van der Waals surface area contributed by atoms with Crippen LogP contribution in [0, 0.1) is 19.7 Å². The molecule has 25 heavy (non-hydrogen) atoms. The number of anilines is 1. The Morgan fingerprint density at radius 2 is 1.80 bits per heavy atom. The van der Waals surface area contributed by atoms with Crippen LogP contribution in [-0.2, 0) is 6.73 Å². The summed E-state index contributed by atoms with van der Waals surface area (Å²) < 4.78 is 19.9. The third-order valence-electron chi connectivity index (χ3n) is 3.77. The van der Waals surface area contributed by atoms with Gasteiger partial charge in [0.25, 0.3) is 5.91 Å². The molecule has 2 aromatic carbocycles. The molecule has 5 nitrogen and oxygen atoms in total. The largest absolute Gasteiger partial charge is 0.471 e. The summed E-state index contributed by atoms with van der Waals surface area (Å²) in [7, 11) is 0. The first-order chi connectivity index (χ1) is 12.0. The first kappa shape index (κ1) is 16.7. The van der Waals surface area contributed by atoms with Crippen LogP contribution in [0.25, 0.3) is 0 Å². The monoisotopic (exact) mass is 339 g/mol. The van der Waals surface area contributed by atoms with E-state index in [1.54, 1.807) is 12.3 Å². The molecule has 1 aromatic heterocycles. The zero-order chi connectivity index (χ0) is 17.8. The molecule has 0 bridgehead atoms. The van der Waals surface area contributed by atoms with Crippen LogP contribution in [0.15, 0.2) is 54.7 Å². The number of carbonyl (C=O) groups is 1. The van der Waals surface area contributed by atoms with E-state index in [0.29, 0.717) is 11.4 Å². The van der Waals surface area contributed by atoms with Crippen LogP contribution < -0.4 is 10.1 Å². The number of hydrogen-bond acceptors (Lipinski definition) is 3. The summed E-state index contributed by atoms with van der Waals surface area (Å²) in [4.78, 5) is 12.4. The molecule has 0 aliphatic carbocycles. The van der Waals surface area contributed by atoms with Crippen LogP contribution in [-0.4, -0.2) is 15.7 Å². The highest BCUT2D eigenvalue weighted by atomic mass is 19.1. The van der Waals surface area contributed by atoms with Crippen LogP contribution in [0.1, 0.15) is 21.6 Å². The van der Waals surface area contributed by atoms with E-state index in [9.17, 15) is 9.18 Å². The van der Waals surface area contributed by atoms with E-state index in [0.717, 1.165) is 16.8 Å². The van der Waals surface area contributed by atoms with Crippen molar-refractivity contribution >= 4 is 11.6 Å². The maximum Gasteiger partial charge on any atom is 0.276 e. The van der Waals surface area contributed by atoms with Crippen molar-refractivity contribution in [2.24, 2.45) is 0 Å². The summed E-state index contributed by atoms with van der Waals surface area (Å²) in [6.07, 6.45) is 1.66. The van der Waals surface area contributed by atoms with Crippen LogP contribution in [0.4, 0.5) is 10.1 Å². The van der Waals surface area contributed by atoms with Gasteiger partial charge in [-0.05, 0) is 55.3 Å². The molecule has 3 aromatic rings. The zero-order valence-electron chi connectivity index (χ0n) is 14.0. The molecule has 1 N–H and O–H groups in total. The van der Waals surface area contributed by atoms with Gasteiger partial charge in [-0.15, -0.1) is 0 Å². The van der Waals surface area contributed by atoms with Gasteiger partial charge in [0, 0.05) is 11.9 Å². The van der Waals surface area contributed by atoms with E-state index in [1.165, 1.54) is 28.9 Å². The number of nitrogens with one attached hydrogen (secondary N) is 1. The Morgan fingerprint density at radius 1 is 1.12 bits per heavy atom. The minimum Gasteiger partial charge on any atom is -0.471 e. The van der Waals surface area contributed by atoms with Crippen LogP contribution in [0.2, 0.25) is 0 Å². The van der Waals surface area contributed by atoms with Crippen molar-refractivity contribution in [3.63, 3.8) is 0 Å². The number of aromatic nitrogens is 2. The number of hydrogen-bond donors (Lipinski definition) is 1. The Kier molecular flexibility index (Phi) is 4.79. The van der Waals surface area contributed by atoms with E-state index in [-0.39, 0.29) is 18.5 Å². The van der Waals surface area contributed by atoms with Crippen molar-refractivity contribution in [2.75, 3.05) is 5.32 Å². The number of rotatable bonds is 5. The number of aryl methyl sites for hydroxylation is 2. The molecule has 6 heteroatoms. The van der Waals surface area contributed by atoms with Crippen LogP contribution >= 0.6 is 0 Å². The predicted molar refractivity (Wildman–Crippen MR) is 93.1 cm³/mol. The van der Waals surface area contributed by atoms with E-state index in [2.05, 4.69) is 10.4 Å². The number of benzene rings is 2. The first-order valence-electron chi connectivity index (χ1n) is 7.82. The Hall–Kier alpha value is -3.15. The third-order valence-corrected chi connectivity index (χ3v) is 3.77. The van der Waals surface area contributed by atoms with Crippen LogP contribution in [0.3, 0.4) is 0 Å². The zero-order valence-corrected chi connectivity index (χ0v) is 14.0. The minimum absolute atomic E-state index is 0.127. The number of carbonyl (C=O) groups excluding carboxylic acids is 1. The molecule has 0 fully saturated rings. The summed E-state index contributed by atoms with van der Waals surface area (Å²) in [5.74, 6) is -0.0757. The molecular weight excluding hydrogens is 321 g/mol. The molecule has 0 spiro atoms. The Bertz CT molecular complexity index is 868. The van der Waals surface area contributed by atoms with Crippen molar-refractivity contribution in [1.29, 1.82) is 0 Å². The predicted octanol–water partition coefficient (Wildman–Crippen LogP) is 3.93. The fourth-order valence-corrected chi connectivity index (χ4v) is 2.42. The summed E-state index contributed by atoms with van der Waals surface area (Å²) in [6.45, 7) is 4.01. The lowest BCUT2D eigenvalue weighted by Crippen LogP contribution is -2.15. The van der Waals surface area contributed by atoms with Crippen molar-refractivity contribution in [2.45, 2.75) is 20.6 Å². The molecule has 1 heterocycles. The second kappa shape index (κ2) is 7.17. The van der Waals surface area contributed by atoms with E-state index >= 15 is 0 Å². The first-order valence-corrected chi connectivity index (χ1v) is 7.82. The Labute approximate surface area is 145 Å². The maximum atomic E-state index is 12.9. The molecule has 0 aliphatic heterocycles. The molecule has 0 aliphatic rings. The maximum absolute atomic E-state index is 12.9. The molecule has 0 unspecified atom stereocenters. The van der Waals surface area contributed by atoms with Gasteiger partial charge in [0.15, 0.2) is 12.4 Å². The van der Waals surface area contributed by atoms with Crippen molar-refractivity contribution in [1.82, 2.24) is 9.78 Å². The normalized spacial score (nSPS) is 10.5. The summed E-state index contributed by atoms with van der Waals surface area (Å²) in [6, 6.07) is 13.2. The number of para-hydroxylation sites is 1. The summed E-state index contributed by atoms with van der Waals surface area (Å²) in [5.41, 5.74) is 3.08. The van der Waals surface area contributed by atoms with E-state index in [1.807, 2.05) is 32.0 Å². The van der Waals surface area contributed by atoms with Gasteiger partial charge in [-0.2, -0.15) is 5.10 Å². The van der Waals surface area contributed by atoms with Gasteiger partial charge in [-0.25, -0.2) is 9.07 Å². The molecule has 0 saturated heterocycles. The molecule has 0 saturated carbocycles. The Balaban J connectivity index is 1.64. The summed E-state index contributed by atoms with van der Waals surface area (Å²) >= 11 is 0.